The minimum atomic E-state index is 0.000821. The largest absolute Gasteiger partial charge is 0.466 e. The van der Waals surface area contributed by atoms with Crippen molar-refractivity contribution in [3.8, 4) is 0 Å². The fourth-order valence-corrected chi connectivity index (χ4v) is 6.40. The van der Waals surface area contributed by atoms with Gasteiger partial charge >= 0.3 is 5.97 Å². The van der Waals surface area contributed by atoms with Gasteiger partial charge in [0.05, 0.1) is 6.61 Å². The highest BCUT2D eigenvalue weighted by atomic mass is 16.5. The number of fused-ring (bicyclic) bond motifs is 9. The van der Waals surface area contributed by atoms with E-state index in [4.69, 9.17) is 4.74 Å². The van der Waals surface area contributed by atoms with E-state index < -0.39 is 0 Å². The third-order valence-corrected chi connectivity index (χ3v) is 6.98. The number of hydrogen-bond acceptors (Lipinski definition) is 2. The Bertz CT molecular complexity index is 454. The zero-order valence-electron chi connectivity index (χ0n) is 12.7. The maximum absolute atomic E-state index is 11.7. The van der Waals surface area contributed by atoms with Crippen molar-refractivity contribution in [2.24, 2.45) is 40.9 Å². The molecule has 3 saturated carbocycles. The van der Waals surface area contributed by atoms with E-state index in [1.165, 1.54) is 19.3 Å². The molecule has 0 aromatic heterocycles. The van der Waals surface area contributed by atoms with Crippen LogP contribution in [0, 0.1) is 40.9 Å². The Morgan fingerprint density at radius 3 is 2.75 bits per heavy atom. The van der Waals surface area contributed by atoms with Crippen LogP contribution in [0.3, 0.4) is 0 Å². The third kappa shape index (κ3) is 1.66. The van der Waals surface area contributed by atoms with E-state index >= 15 is 0 Å². The first-order valence-electron chi connectivity index (χ1n) is 8.46. The molecule has 20 heavy (non-hydrogen) atoms. The van der Waals surface area contributed by atoms with Gasteiger partial charge in [-0.05, 0) is 73.5 Å². The molecule has 0 saturated heterocycles. The van der Waals surface area contributed by atoms with E-state index in [0.29, 0.717) is 18.4 Å². The average molecular weight is 274 g/mol. The van der Waals surface area contributed by atoms with Crippen molar-refractivity contribution in [2.45, 2.75) is 46.0 Å². The zero-order valence-corrected chi connectivity index (χ0v) is 12.7. The second kappa shape index (κ2) is 4.35. The molecule has 0 N–H and O–H groups in total. The smallest absolute Gasteiger partial charge is 0.305 e. The monoisotopic (exact) mass is 274 g/mol. The highest BCUT2D eigenvalue weighted by Gasteiger charge is 2.64. The van der Waals surface area contributed by atoms with Gasteiger partial charge in [-0.1, -0.05) is 19.1 Å². The average Bonchev–Trinajstić information content (AvgIpc) is 3.14. The number of carbonyl (C=O) groups is 1. The van der Waals surface area contributed by atoms with Gasteiger partial charge in [0.2, 0.25) is 0 Å². The second-order valence-corrected chi connectivity index (χ2v) is 7.87. The van der Waals surface area contributed by atoms with E-state index in [2.05, 4.69) is 19.1 Å². The lowest BCUT2D eigenvalue weighted by atomic mass is 9.61. The van der Waals surface area contributed by atoms with Crippen molar-refractivity contribution in [3.05, 3.63) is 12.2 Å². The molecule has 0 aliphatic heterocycles. The lowest BCUT2D eigenvalue weighted by Gasteiger charge is -2.43. The van der Waals surface area contributed by atoms with Gasteiger partial charge in [0.1, 0.15) is 0 Å². The number of rotatable bonds is 4. The van der Waals surface area contributed by atoms with Crippen LogP contribution < -0.4 is 0 Å². The normalized spacial score (nSPS) is 50.7. The Balaban J connectivity index is 1.47. The van der Waals surface area contributed by atoms with Crippen LogP contribution in [-0.4, -0.2) is 12.6 Å². The summed E-state index contributed by atoms with van der Waals surface area (Å²) >= 11 is 0. The number of esters is 1. The topological polar surface area (TPSA) is 26.3 Å². The molecule has 2 heteroatoms. The first-order chi connectivity index (χ1) is 9.62. The Morgan fingerprint density at radius 1 is 1.25 bits per heavy atom. The molecule has 7 unspecified atom stereocenters. The summed E-state index contributed by atoms with van der Waals surface area (Å²) in [5.41, 5.74) is 0.400. The minimum absolute atomic E-state index is 0.000821. The zero-order chi connectivity index (χ0) is 13.9. The molecule has 2 nitrogen and oxygen atoms in total. The first-order valence-corrected chi connectivity index (χ1v) is 8.46. The van der Waals surface area contributed by atoms with E-state index in [9.17, 15) is 4.79 Å². The first kappa shape index (κ1) is 12.9. The highest BCUT2D eigenvalue weighted by Crippen LogP contribution is 2.71. The van der Waals surface area contributed by atoms with Crippen LogP contribution in [0.2, 0.25) is 0 Å². The van der Waals surface area contributed by atoms with E-state index in [-0.39, 0.29) is 5.97 Å². The minimum Gasteiger partial charge on any atom is -0.466 e. The van der Waals surface area contributed by atoms with Crippen molar-refractivity contribution in [2.75, 3.05) is 6.61 Å². The lowest BCUT2D eigenvalue weighted by molar-refractivity contribution is -0.144. The van der Waals surface area contributed by atoms with Gasteiger partial charge in [-0.3, -0.25) is 4.79 Å². The summed E-state index contributed by atoms with van der Waals surface area (Å²) in [6, 6.07) is 0. The molecule has 0 amide bonds. The second-order valence-electron chi connectivity index (χ2n) is 7.87. The Kier molecular flexibility index (Phi) is 2.81. The summed E-state index contributed by atoms with van der Waals surface area (Å²) in [5, 5.41) is 0. The fraction of sp³-hybridized carbons (Fsp3) is 0.833. The van der Waals surface area contributed by atoms with E-state index in [1.54, 1.807) is 0 Å². The van der Waals surface area contributed by atoms with Crippen molar-refractivity contribution in [3.63, 3.8) is 0 Å². The molecule has 110 valence electrons. The third-order valence-electron chi connectivity index (χ3n) is 6.98. The van der Waals surface area contributed by atoms with Crippen LogP contribution in [0.1, 0.15) is 46.0 Å². The van der Waals surface area contributed by atoms with Crippen molar-refractivity contribution in [1.82, 2.24) is 0 Å². The number of carbonyl (C=O) groups excluding carboxylic acids is 1. The maximum atomic E-state index is 11.7. The van der Waals surface area contributed by atoms with Gasteiger partial charge in [0.25, 0.3) is 0 Å². The maximum Gasteiger partial charge on any atom is 0.305 e. The van der Waals surface area contributed by atoms with Crippen LogP contribution in [0.5, 0.6) is 0 Å². The molecular formula is C18H26O2. The van der Waals surface area contributed by atoms with Crippen molar-refractivity contribution in [1.29, 1.82) is 0 Å². The van der Waals surface area contributed by atoms with Crippen LogP contribution in [-0.2, 0) is 9.53 Å². The molecule has 0 spiro atoms. The quantitative estimate of drug-likeness (QED) is 0.442. The van der Waals surface area contributed by atoms with Gasteiger partial charge in [0, 0.05) is 6.42 Å². The number of ether oxygens (including phenoxy) is 1. The molecule has 0 heterocycles. The Hall–Kier alpha value is -0.790. The Labute approximate surface area is 122 Å². The summed E-state index contributed by atoms with van der Waals surface area (Å²) < 4.78 is 5.11. The molecule has 0 radical (unpaired) electrons. The predicted octanol–water partition coefficient (Wildman–Crippen LogP) is 3.81. The van der Waals surface area contributed by atoms with Gasteiger partial charge in [0.15, 0.2) is 0 Å². The van der Waals surface area contributed by atoms with Crippen LogP contribution in [0.4, 0.5) is 0 Å². The van der Waals surface area contributed by atoms with Gasteiger partial charge < -0.3 is 4.74 Å². The molecule has 7 atom stereocenters. The molecule has 4 aliphatic rings. The molecule has 3 fully saturated rings. The van der Waals surface area contributed by atoms with Crippen LogP contribution in [0.15, 0.2) is 12.2 Å². The van der Waals surface area contributed by atoms with Crippen molar-refractivity contribution >= 4 is 5.97 Å². The SMILES string of the molecule is CCOC(=O)CCC1(C)CC2CC1C1C3C=CC(C3)C21. The van der Waals surface area contributed by atoms with E-state index in [1.807, 2.05) is 6.92 Å². The summed E-state index contributed by atoms with van der Waals surface area (Å²) in [5.74, 6) is 5.50. The summed E-state index contributed by atoms with van der Waals surface area (Å²) in [7, 11) is 0. The van der Waals surface area contributed by atoms with E-state index in [0.717, 1.165) is 41.9 Å². The highest BCUT2D eigenvalue weighted by molar-refractivity contribution is 5.69. The lowest BCUT2D eigenvalue weighted by Crippen LogP contribution is -2.37. The van der Waals surface area contributed by atoms with Gasteiger partial charge in [-0.15, -0.1) is 0 Å². The van der Waals surface area contributed by atoms with Crippen LogP contribution in [0.25, 0.3) is 0 Å². The molecule has 4 rings (SSSR count). The summed E-state index contributed by atoms with van der Waals surface area (Å²) in [6.45, 7) is 4.85. The number of allylic oxidation sites excluding steroid dienone is 2. The standard InChI is InChI=1S/C18H26O2/c1-3-20-15(19)6-7-18(2)10-13-9-14(18)17-12-5-4-11(8-12)16(13)17/h4-5,11-14,16-17H,3,6-10H2,1-2H3. The summed E-state index contributed by atoms with van der Waals surface area (Å²) in [4.78, 5) is 11.7. The molecule has 0 aromatic rings. The van der Waals surface area contributed by atoms with Crippen LogP contribution >= 0.6 is 0 Å². The molecular weight excluding hydrogens is 248 g/mol. The molecule has 4 bridgehead atoms. The number of hydrogen-bond donors (Lipinski definition) is 0. The fourth-order valence-electron chi connectivity index (χ4n) is 6.40. The van der Waals surface area contributed by atoms with Crippen molar-refractivity contribution < 1.29 is 9.53 Å². The Morgan fingerprint density at radius 2 is 2.00 bits per heavy atom. The van der Waals surface area contributed by atoms with Gasteiger partial charge in [-0.2, -0.15) is 0 Å². The summed E-state index contributed by atoms with van der Waals surface area (Å²) in [6.07, 6.45) is 10.9. The molecule has 4 aliphatic carbocycles. The molecule has 0 aromatic carbocycles. The predicted molar refractivity (Wildman–Crippen MR) is 77.9 cm³/mol. The van der Waals surface area contributed by atoms with Gasteiger partial charge in [-0.25, -0.2) is 0 Å².